The third kappa shape index (κ3) is 2.57. The molecule has 0 aliphatic carbocycles. The summed E-state index contributed by atoms with van der Waals surface area (Å²) in [6.07, 6.45) is 3.14. The van der Waals surface area contributed by atoms with Crippen molar-refractivity contribution in [3.63, 3.8) is 0 Å². The van der Waals surface area contributed by atoms with Crippen LogP contribution in [-0.4, -0.2) is 29.6 Å². The largest absolute Gasteiger partial charge is 0.375 e. The van der Waals surface area contributed by atoms with Crippen LogP contribution in [0.2, 0.25) is 0 Å². The number of rotatable bonds is 5. The molecule has 0 bridgehead atoms. The second-order valence-electron chi connectivity index (χ2n) is 4.02. The standard InChI is InChI=1S/C13H16FN3O/c1-18-13(12(15)9-14)10-3-5-11(6-4-10)17-8-2-7-16-17/h2-8,12-13H,9,15H2,1H3. The summed E-state index contributed by atoms with van der Waals surface area (Å²) in [5, 5.41) is 4.13. The summed E-state index contributed by atoms with van der Waals surface area (Å²) in [5.41, 5.74) is 7.47. The summed E-state index contributed by atoms with van der Waals surface area (Å²) >= 11 is 0. The molecule has 0 saturated carbocycles. The number of hydrogen-bond acceptors (Lipinski definition) is 3. The van der Waals surface area contributed by atoms with Gasteiger partial charge in [0.25, 0.3) is 0 Å². The highest BCUT2D eigenvalue weighted by Crippen LogP contribution is 2.21. The molecule has 0 spiro atoms. The van der Waals surface area contributed by atoms with Crippen LogP contribution in [0.5, 0.6) is 0 Å². The molecule has 0 aliphatic rings. The zero-order valence-electron chi connectivity index (χ0n) is 10.2. The number of halogens is 1. The van der Waals surface area contributed by atoms with Crippen molar-refractivity contribution >= 4 is 0 Å². The number of nitrogens with two attached hydrogens (primary N) is 1. The van der Waals surface area contributed by atoms with Gasteiger partial charge in [-0.15, -0.1) is 0 Å². The Morgan fingerprint density at radius 1 is 1.39 bits per heavy atom. The van der Waals surface area contributed by atoms with Crippen molar-refractivity contribution in [3.05, 3.63) is 48.3 Å². The van der Waals surface area contributed by atoms with E-state index in [2.05, 4.69) is 5.10 Å². The lowest BCUT2D eigenvalue weighted by atomic mass is 10.0. The maximum absolute atomic E-state index is 12.6. The van der Waals surface area contributed by atoms with Crippen LogP contribution in [0.4, 0.5) is 4.39 Å². The molecule has 18 heavy (non-hydrogen) atoms. The molecule has 2 unspecified atom stereocenters. The average molecular weight is 249 g/mol. The number of alkyl halides is 1. The highest BCUT2D eigenvalue weighted by Gasteiger charge is 2.19. The Kier molecular flexibility index (Phi) is 4.07. The van der Waals surface area contributed by atoms with Gasteiger partial charge in [-0.25, -0.2) is 9.07 Å². The first-order valence-corrected chi connectivity index (χ1v) is 5.70. The van der Waals surface area contributed by atoms with E-state index in [4.69, 9.17) is 10.5 Å². The lowest BCUT2D eigenvalue weighted by molar-refractivity contribution is 0.0721. The molecule has 0 saturated heterocycles. The molecular formula is C13H16FN3O. The molecule has 96 valence electrons. The second-order valence-corrected chi connectivity index (χ2v) is 4.02. The Balaban J connectivity index is 2.21. The third-order valence-corrected chi connectivity index (χ3v) is 2.81. The minimum Gasteiger partial charge on any atom is -0.375 e. The molecule has 1 aromatic heterocycles. The molecule has 2 rings (SSSR count). The molecule has 0 fully saturated rings. The number of ether oxygens (including phenoxy) is 1. The van der Waals surface area contributed by atoms with Crippen molar-refractivity contribution < 1.29 is 9.13 Å². The Labute approximate surface area is 105 Å². The van der Waals surface area contributed by atoms with Gasteiger partial charge in [0.2, 0.25) is 0 Å². The molecule has 1 heterocycles. The van der Waals surface area contributed by atoms with Gasteiger partial charge < -0.3 is 10.5 Å². The van der Waals surface area contributed by atoms with Gasteiger partial charge in [0, 0.05) is 19.5 Å². The smallest absolute Gasteiger partial charge is 0.107 e. The van der Waals surface area contributed by atoms with Gasteiger partial charge in [0.1, 0.15) is 6.67 Å². The summed E-state index contributed by atoms with van der Waals surface area (Å²) < 4.78 is 19.6. The molecule has 4 nitrogen and oxygen atoms in total. The average Bonchev–Trinajstić information content (AvgIpc) is 2.94. The molecule has 2 N–H and O–H groups in total. The SMILES string of the molecule is COC(c1ccc(-n2cccn2)cc1)C(N)CF. The van der Waals surface area contributed by atoms with E-state index in [0.29, 0.717) is 0 Å². The Morgan fingerprint density at radius 3 is 2.61 bits per heavy atom. The summed E-state index contributed by atoms with van der Waals surface area (Å²) in [5.74, 6) is 0. The molecular weight excluding hydrogens is 233 g/mol. The molecule has 0 radical (unpaired) electrons. The fraction of sp³-hybridized carbons (Fsp3) is 0.308. The van der Waals surface area contributed by atoms with E-state index in [1.165, 1.54) is 7.11 Å². The maximum Gasteiger partial charge on any atom is 0.107 e. The molecule has 5 heteroatoms. The van der Waals surface area contributed by atoms with Crippen LogP contribution in [0.1, 0.15) is 11.7 Å². The first-order valence-electron chi connectivity index (χ1n) is 5.70. The van der Waals surface area contributed by atoms with Gasteiger partial charge in [-0.2, -0.15) is 5.10 Å². The van der Waals surface area contributed by atoms with Crippen LogP contribution in [0.15, 0.2) is 42.7 Å². The number of aromatic nitrogens is 2. The van der Waals surface area contributed by atoms with Crippen LogP contribution in [0.25, 0.3) is 5.69 Å². The number of methoxy groups -OCH3 is 1. The van der Waals surface area contributed by atoms with Crippen LogP contribution in [0.3, 0.4) is 0 Å². The fourth-order valence-corrected chi connectivity index (χ4v) is 1.88. The van der Waals surface area contributed by atoms with E-state index >= 15 is 0 Å². The zero-order chi connectivity index (χ0) is 13.0. The van der Waals surface area contributed by atoms with E-state index in [0.717, 1.165) is 11.3 Å². The maximum atomic E-state index is 12.6. The monoisotopic (exact) mass is 249 g/mol. The number of benzene rings is 1. The normalized spacial score (nSPS) is 14.4. The van der Waals surface area contributed by atoms with E-state index in [9.17, 15) is 4.39 Å². The summed E-state index contributed by atoms with van der Waals surface area (Å²) in [4.78, 5) is 0. The van der Waals surface area contributed by atoms with Crippen molar-refractivity contribution in [1.29, 1.82) is 0 Å². The van der Waals surface area contributed by atoms with Crippen molar-refractivity contribution in [3.8, 4) is 5.69 Å². The van der Waals surface area contributed by atoms with Crippen molar-refractivity contribution in [1.82, 2.24) is 9.78 Å². The van der Waals surface area contributed by atoms with Crippen molar-refractivity contribution in [2.24, 2.45) is 5.73 Å². The number of nitrogens with zero attached hydrogens (tertiary/aromatic N) is 2. The first-order chi connectivity index (χ1) is 8.76. The Morgan fingerprint density at radius 2 is 2.11 bits per heavy atom. The minimum absolute atomic E-state index is 0.429. The fourth-order valence-electron chi connectivity index (χ4n) is 1.88. The van der Waals surface area contributed by atoms with Gasteiger partial charge in [-0.1, -0.05) is 12.1 Å². The van der Waals surface area contributed by atoms with Gasteiger partial charge in [0.15, 0.2) is 0 Å². The zero-order valence-corrected chi connectivity index (χ0v) is 10.2. The molecule has 2 atom stereocenters. The summed E-state index contributed by atoms with van der Waals surface area (Å²) in [7, 11) is 1.53. The molecule has 1 aromatic carbocycles. The lowest BCUT2D eigenvalue weighted by Gasteiger charge is -2.20. The molecule has 0 amide bonds. The van der Waals surface area contributed by atoms with Crippen LogP contribution in [-0.2, 0) is 4.74 Å². The van der Waals surface area contributed by atoms with Crippen molar-refractivity contribution in [2.75, 3.05) is 13.8 Å². The lowest BCUT2D eigenvalue weighted by Crippen LogP contribution is -2.31. The van der Waals surface area contributed by atoms with E-state index in [1.54, 1.807) is 10.9 Å². The number of hydrogen-bond donors (Lipinski definition) is 1. The third-order valence-electron chi connectivity index (χ3n) is 2.81. The highest BCUT2D eigenvalue weighted by molar-refractivity contribution is 5.35. The molecule has 0 aliphatic heterocycles. The van der Waals surface area contributed by atoms with E-state index < -0.39 is 18.8 Å². The highest BCUT2D eigenvalue weighted by atomic mass is 19.1. The van der Waals surface area contributed by atoms with Crippen LogP contribution in [0, 0.1) is 0 Å². The Hall–Kier alpha value is -1.72. The van der Waals surface area contributed by atoms with Crippen molar-refractivity contribution in [2.45, 2.75) is 12.1 Å². The minimum atomic E-state index is -0.648. The predicted octanol–water partition coefficient (Wildman–Crippen LogP) is 1.86. The van der Waals surface area contributed by atoms with E-state index in [1.807, 2.05) is 36.5 Å². The van der Waals surface area contributed by atoms with Crippen LogP contribution >= 0.6 is 0 Å². The summed E-state index contributed by atoms with van der Waals surface area (Å²) in [6.45, 7) is -0.612. The quantitative estimate of drug-likeness (QED) is 0.880. The van der Waals surface area contributed by atoms with Gasteiger partial charge in [-0.05, 0) is 23.8 Å². The van der Waals surface area contributed by atoms with Gasteiger partial charge in [-0.3, -0.25) is 0 Å². The topological polar surface area (TPSA) is 53.1 Å². The second kappa shape index (κ2) is 5.75. The first kappa shape index (κ1) is 12.7. The molecule has 2 aromatic rings. The van der Waals surface area contributed by atoms with Crippen LogP contribution < -0.4 is 5.73 Å². The van der Waals surface area contributed by atoms with Gasteiger partial charge >= 0.3 is 0 Å². The predicted molar refractivity (Wildman–Crippen MR) is 67.3 cm³/mol. The van der Waals surface area contributed by atoms with Gasteiger partial charge in [0.05, 0.1) is 17.8 Å². The Bertz CT molecular complexity index is 469. The van der Waals surface area contributed by atoms with E-state index in [-0.39, 0.29) is 0 Å². The summed E-state index contributed by atoms with van der Waals surface area (Å²) in [6, 6.07) is 8.76.